The zero-order chi connectivity index (χ0) is 21.1. The highest BCUT2D eigenvalue weighted by Gasteiger charge is 2.22. The smallest absolute Gasteiger partial charge is 0.313 e. The summed E-state index contributed by atoms with van der Waals surface area (Å²) in [5.41, 5.74) is 4.34. The maximum Gasteiger partial charge on any atom is 0.313 e. The van der Waals surface area contributed by atoms with E-state index >= 15 is 0 Å². The molecular formula is C22H27FN4O2. The minimum Gasteiger partial charge on any atom is -0.374 e. The molecule has 1 unspecified atom stereocenters. The van der Waals surface area contributed by atoms with E-state index in [2.05, 4.69) is 40.8 Å². The number of nitrogens with zero attached hydrogens (tertiary/aromatic N) is 2. The van der Waals surface area contributed by atoms with Gasteiger partial charge in [0.15, 0.2) is 0 Å². The van der Waals surface area contributed by atoms with Gasteiger partial charge in [0, 0.05) is 31.5 Å². The highest BCUT2D eigenvalue weighted by Crippen LogP contribution is 2.30. The van der Waals surface area contributed by atoms with Crippen LogP contribution in [0.5, 0.6) is 0 Å². The van der Waals surface area contributed by atoms with Crippen LogP contribution in [0.1, 0.15) is 22.7 Å². The van der Waals surface area contributed by atoms with Gasteiger partial charge in [-0.15, -0.1) is 0 Å². The molecule has 1 aliphatic rings. The monoisotopic (exact) mass is 398 g/mol. The number of likely N-dealkylation sites (N-methyl/N-ethyl adjacent to an activating group) is 2. The fourth-order valence-corrected chi connectivity index (χ4v) is 3.52. The second-order valence-corrected chi connectivity index (χ2v) is 7.67. The predicted octanol–water partition coefficient (Wildman–Crippen LogP) is 2.48. The van der Waals surface area contributed by atoms with Crippen LogP contribution >= 0.6 is 0 Å². The van der Waals surface area contributed by atoms with Crippen molar-refractivity contribution in [3.05, 3.63) is 58.9 Å². The largest absolute Gasteiger partial charge is 0.374 e. The molecule has 2 aromatic rings. The summed E-state index contributed by atoms with van der Waals surface area (Å²) < 4.78 is 13.6. The molecule has 2 amide bonds. The van der Waals surface area contributed by atoms with E-state index in [1.165, 1.54) is 17.3 Å². The summed E-state index contributed by atoms with van der Waals surface area (Å²) in [5, 5.41) is 5.12. The summed E-state index contributed by atoms with van der Waals surface area (Å²) in [6.45, 7) is 2.92. The number of aryl methyl sites for hydroxylation is 1. The van der Waals surface area contributed by atoms with E-state index in [4.69, 9.17) is 0 Å². The summed E-state index contributed by atoms with van der Waals surface area (Å²) in [5.74, 6) is -2.00. The van der Waals surface area contributed by atoms with Gasteiger partial charge in [-0.2, -0.15) is 0 Å². The first kappa shape index (κ1) is 20.8. The number of nitrogens with one attached hydrogen (secondary N) is 2. The Morgan fingerprint density at radius 3 is 2.62 bits per heavy atom. The van der Waals surface area contributed by atoms with Crippen LogP contribution in [0.4, 0.5) is 15.8 Å². The number of rotatable bonds is 5. The summed E-state index contributed by atoms with van der Waals surface area (Å²) in [6.07, 6.45) is 1.00. The van der Waals surface area contributed by atoms with Crippen molar-refractivity contribution in [3.63, 3.8) is 0 Å². The maximum absolute atomic E-state index is 13.6. The average Bonchev–Trinajstić information content (AvgIpc) is 3.05. The lowest BCUT2D eigenvalue weighted by molar-refractivity contribution is -0.136. The molecule has 1 heterocycles. The number of hydrogen-bond donors (Lipinski definition) is 2. The van der Waals surface area contributed by atoms with Crippen LogP contribution in [0.2, 0.25) is 0 Å². The molecule has 7 heteroatoms. The van der Waals surface area contributed by atoms with Crippen LogP contribution in [0.15, 0.2) is 36.4 Å². The Morgan fingerprint density at radius 1 is 1.17 bits per heavy atom. The van der Waals surface area contributed by atoms with Crippen molar-refractivity contribution in [1.29, 1.82) is 0 Å². The van der Waals surface area contributed by atoms with Crippen molar-refractivity contribution >= 4 is 23.2 Å². The van der Waals surface area contributed by atoms with E-state index in [-0.39, 0.29) is 18.3 Å². The molecule has 2 aromatic carbocycles. The molecule has 0 radical (unpaired) electrons. The number of amides is 2. The fourth-order valence-electron chi connectivity index (χ4n) is 3.52. The molecule has 0 aliphatic carbocycles. The van der Waals surface area contributed by atoms with Gasteiger partial charge < -0.3 is 20.4 Å². The van der Waals surface area contributed by atoms with E-state index in [1.807, 2.05) is 19.0 Å². The van der Waals surface area contributed by atoms with Crippen molar-refractivity contribution in [1.82, 2.24) is 10.2 Å². The lowest BCUT2D eigenvalue weighted by Crippen LogP contribution is -2.40. The van der Waals surface area contributed by atoms with Crippen LogP contribution in [-0.2, 0) is 16.0 Å². The van der Waals surface area contributed by atoms with Crippen LogP contribution in [0.25, 0.3) is 0 Å². The summed E-state index contributed by atoms with van der Waals surface area (Å²) in [7, 11) is 5.95. The standard InChI is InChI=1S/C22H27FN4O2/c1-14-5-7-17(12-18(14)23)25-22(29)21(28)24-13-20(26(2)3)15-6-8-19-16(11-15)9-10-27(19)4/h5-8,11-12,20H,9-10,13H2,1-4H3,(H,24,28)(H,25,29). The lowest BCUT2D eigenvalue weighted by atomic mass is 10.0. The first-order chi connectivity index (χ1) is 13.8. The van der Waals surface area contributed by atoms with Gasteiger partial charge in [0.25, 0.3) is 0 Å². The molecule has 0 spiro atoms. The number of fused-ring (bicyclic) bond motifs is 1. The number of hydrogen-bond acceptors (Lipinski definition) is 4. The number of benzene rings is 2. The van der Waals surface area contributed by atoms with Crippen molar-refractivity contribution in [2.24, 2.45) is 0 Å². The minimum atomic E-state index is -0.818. The van der Waals surface area contributed by atoms with Crippen LogP contribution in [0, 0.1) is 12.7 Å². The molecule has 0 aromatic heterocycles. The molecule has 0 saturated carbocycles. The van der Waals surface area contributed by atoms with E-state index in [1.54, 1.807) is 19.1 Å². The third kappa shape index (κ3) is 4.74. The molecular weight excluding hydrogens is 371 g/mol. The zero-order valence-electron chi connectivity index (χ0n) is 17.3. The van der Waals surface area contributed by atoms with E-state index in [0.29, 0.717) is 5.56 Å². The molecule has 0 fully saturated rings. The van der Waals surface area contributed by atoms with Gasteiger partial charge in [-0.25, -0.2) is 4.39 Å². The number of anilines is 2. The number of carbonyl (C=O) groups excluding carboxylic acids is 2. The third-order valence-electron chi connectivity index (χ3n) is 5.33. The zero-order valence-corrected chi connectivity index (χ0v) is 17.3. The lowest BCUT2D eigenvalue weighted by Gasteiger charge is -2.26. The van der Waals surface area contributed by atoms with E-state index in [9.17, 15) is 14.0 Å². The first-order valence-corrected chi connectivity index (χ1v) is 9.62. The molecule has 0 saturated heterocycles. The highest BCUT2D eigenvalue weighted by atomic mass is 19.1. The van der Waals surface area contributed by atoms with Crippen molar-refractivity contribution in [2.45, 2.75) is 19.4 Å². The highest BCUT2D eigenvalue weighted by molar-refractivity contribution is 6.39. The van der Waals surface area contributed by atoms with Gasteiger partial charge in [-0.05, 0) is 62.3 Å². The Labute approximate surface area is 170 Å². The number of halogens is 1. The quantitative estimate of drug-likeness (QED) is 0.760. The van der Waals surface area contributed by atoms with Crippen LogP contribution in [0.3, 0.4) is 0 Å². The SMILES string of the molecule is Cc1ccc(NC(=O)C(=O)NCC(c2ccc3c(c2)CCN3C)N(C)C)cc1F. The van der Waals surface area contributed by atoms with E-state index < -0.39 is 17.6 Å². The van der Waals surface area contributed by atoms with Gasteiger partial charge >= 0.3 is 11.8 Å². The van der Waals surface area contributed by atoms with Gasteiger partial charge in [-0.3, -0.25) is 9.59 Å². The Balaban J connectivity index is 1.63. The second kappa shape index (κ2) is 8.61. The molecule has 3 rings (SSSR count). The molecule has 1 aliphatic heterocycles. The van der Waals surface area contributed by atoms with Gasteiger partial charge in [-0.1, -0.05) is 18.2 Å². The fraction of sp³-hybridized carbons (Fsp3) is 0.364. The van der Waals surface area contributed by atoms with Crippen molar-refractivity contribution in [2.75, 3.05) is 44.4 Å². The maximum atomic E-state index is 13.6. The Morgan fingerprint density at radius 2 is 1.93 bits per heavy atom. The Kier molecular flexibility index (Phi) is 6.17. The summed E-state index contributed by atoms with van der Waals surface area (Å²) in [6, 6.07) is 10.6. The van der Waals surface area contributed by atoms with E-state index in [0.717, 1.165) is 18.5 Å². The molecule has 2 N–H and O–H groups in total. The van der Waals surface area contributed by atoms with Crippen LogP contribution < -0.4 is 15.5 Å². The Bertz CT molecular complexity index is 929. The van der Waals surface area contributed by atoms with Crippen molar-refractivity contribution in [3.8, 4) is 0 Å². The topological polar surface area (TPSA) is 64.7 Å². The molecule has 6 nitrogen and oxygen atoms in total. The van der Waals surface area contributed by atoms with Gasteiger partial charge in [0.05, 0.1) is 6.04 Å². The van der Waals surface area contributed by atoms with Gasteiger partial charge in [0.1, 0.15) is 5.82 Å². The molecule has 1 atom stereocenters. The molecule has 154 valence electrons. The predicted molar refractivity (Wildman–Crippen MR) is 113 cm³/mol. The van der Waals surface area contributed by atoms with Crippen molar-refractivity contribution < 1.29 is 14.0 Å². The molecule has 29 heavy (non-hydrogen) atoms. The summed E-state index contributed by atoms with van der Waals surface area (Å²) in [4.78, 5) is 28.6. The van der Waals surface area contributed by atoms with Crippen LogP contribution in [-0.4, -0.2) is 50.9 Å². The number of carbonyl (C=O) groups is 2. The molecule has 0 bridgehead atoms. The first-order valence-electron chi connectivity index (χ1n) is 9.62. The second-order valence-electron chi connectivity index (χ2n) is 7.67. The van der Waals surface area contributed by atoms with Gasteiger partial charge in [0.2, 0.25) is 0 Å². The normalized spacial score (nSPS) is 13.9. The minimum absolute atomic E-state index is 0.0697. The average molecular weight is 398 g/mol. The Hall–Kier alpha value is -2.93. The third-order valence-corrected chi connectivity index (χ3v) is 5.33. The summed E-state index contributed by atoms with van der Waals surface area (Å²) >= 11 is 0.